The molecule has 0 radical (unpaired) electrons. The highest BCUT2D eigenvalue weighted by Gasteiger charge is 2.21. The highest BCUT2D eigenvalue weighted by atomic mass is 28.3. The van der Waals surface area contributed by atoms with Crippen molar-refractivity contribution in [2.24, 2.45) is 0 Å². The van der Waals surface area contributed by atoms with Gasteiger partial charge in [0, 0.05) is 39.2 Å². The third kappa shape index (κ3) is 6.73. The van der Waals surface area contributed by atoms with Gasteiger partial charge in [0.05, 0.1) is 13.8 Å². The van der Waals surface area contributed by atoms with Gasteiger partial charge in [0.2, 0.25) is 0 Å². The summed E-state index contributed by atoms with van der Waals surface area (Å²) in [5.41, 5.74) is 13.1. The zero-order valence-electron chi connectivity index (χ0n) is 31.4. The second-order valence-electron chi connectivity index (χ2n) is 15.1. The Hall–Kier alpha value is -6.62. The number of rotatable bonds is 9. The molecule has 266 valence electrons. The minimum absolute atomic E-state index is 0.888. The van der Waals surface area contributed by atoms with Crippen molar-refractivity contribution in [2.45, 2.75) is 19.6 Å². The lowest BCUT2D eigenvalue weighted by molar-refractivity contribution is 0.669. The van der Waals surface area contributed by atoms with Gasteiger partial charge in [0.15, 0.2) is 5.58 Å². The molecule has 3 nitrogen and oxygen atoms in total. The molecule has 4 heteroatoms. The molecule has 0 saturated carbocycles. The largest absolute Gasteiger partial charge is 0.454 e. The van der Waals surface area contributed by atoms with Gasteiger partial charge in [-0.1, -0.05) is 152 Å². The van der Waals surface area contributed by atoms with Crippen LogP contribution in [0, 0.1) is 0 Å². The first-order valence-corrected chi connectivity index (χ1v) is 22.4. The maximum absolute atomic E-state index is 6.55. The summed E-state index contributed by atoms with van der Waals surface area (Å²) < 4.78 is 6.55. The van der Waals surface area contributed by atoms with Crippen LogP contribution in [0.3, 0.4) is 0 Å². The van der Waals surface area contributed by atoms with E-state index < -0.39 is 8.07 Å². The molecule has 0 N–H and O–H groups in total. The van der Waals surface area contributed by atoms with Crippen LogP contribution < -0.4 is 15.0 Å². The molecule has 0 atom stereocenters. The molecule has 0 aliphatic heterocycles. The molecule has 0 amide bonds. The normalized spacial score (nSPS) is 11.5. The summed E-state index contributed by atoms with van der Waals surface area (Å²) in [4.78, 5) is 4.61. The van der Waals surface area contributed by atoms with Crippen molar-refractivity contribution in [2.75, 3.05) is 9.80 Å². The van der Waals surface area contributed by atoms with Crippen LogP contribution in [-0.4, -0.2) is 8.07 Å². The van der Waals surface area contributed by atoms with E-state index in [1.807, 2.05) is 12.1 Å². The lowest BCUT2D eigenvalue weighted by Crippen LogP contribution is -2.37. The SMILES string of the molecule is C[Si](C)(C)c1ccc(N(c2ccc(-c3ccc(-c4ccc(N(c5ccccc5)c5ccccc5)cc4)cc3)cc2)c2cccc3c2oc2ccccc23)cc1. The van der Waals surface area contributed by atoms with Gasteiger partial charge >= 0.3 is 0 Å². The number of para-hydroxylation sites is 4. The number of fused-ring (bicyclic) bond motifs is 3. The highest BCUT2D eigenvalue weighted by molar-refractivity contribution is 6.88. The second-order valence-corrected chi connectivity index (χ2v) is 20.1. The van der Waals surface area contributed by atoms with Crippen molar-refractivity contribution in [3.05, 3.63) is 200 Å². The molecule has 1 aromatic heterocycles. The van der Waals surface area contributed by atoms with Gasteiger partial charge in [-0.25, -0.2) is 0 Å². The average Bonchev–Trinajstić information content (AvgIpc) is 3.62. The van der Waals surface area contributed by atoms with E-state index in [2.05, 4.69) is 217 Å². The Morgan fingerprint density at radius 3 is 1.25 bits per heavy atom. The van der Waals surface area contributed by atoms with Crippen LogP contribution in [0.2, 0.25) is 19.6 Å². The van der Waals surface area contributed by atoms with Crippen molar-refractivity contribution in [1.29, 1.82) is 0 Å². The first-order valence-electron chi connectivity index (χ1n) is 18.9. The number of furan rings is 1. The zero-order chi connectivity index (χ0) is 37.4. The molecule has 0 saturated heterocycles. The molecule has 8 aromatic carbocycles. The van der Waals surface area contributed by atoms with E-state index in [-0.39, 0.29) is 0 Å². The first kappa shape index (κ1) is 34.2. The van der Waals surface area contributed by atoms with Crippen molar-refractivity contribution in [1.82, 2.24) is 0 Å². The predicted octanol–water partition coefficient (Wildman–Crippen LogP) is 14.4. The Bertz CT molecular complexity index is 2660. The summed E-state index contributed by atoms with van der Waals surface area (Å²) in [7, 11) is -1.46. The first-order chi connectivity index (χ1) is 26.9. The molecule has 0 aliphatic carbocycles. The van der Waals surface area contributed by atoms with Gasteiger partial charge < -0.3 is 14.2 Å². The van der Waals surface area contributed by atoms with Gasteiger partial charge in [0.25, 0.3) is 0 Å². The van der Waals surface area contributed by atoms with Gasteiger partial charge in [0.1, 0.15) is 5.58 Å². The van der Waals surface area contributed by atoms with E-state index >= 15 is 0 Å². The lowest BCUT2D eigenvalue weighted by atomic mass is 9.99. The Morgan fingerprint density at radius 1 is 0.345 bits per heavy atom. The number of hydrogen-bond acceptors (Lipinski definition) is 3. The molecule has 1 heterocycles. The summed E-state index contributed by atoms with van der Waals surface area (Å²) in [6.45, 7) is 7.17. The third-order valence-corrected chi connectivity index (χ3v) is 12.5. The molecule has 0 aliphatic rings. The minimum atomic E-state index is -1.46. The summed E-state index contributed by atoms with van der Waals surface area (Å²) in [6, 6.07) is 71.5. The molecule has 0 fully saturated rings. The molecule has 0 spiro atoms. The standard InChI is InChI=1S/C51H42N2OSi/c1-55(2,3)46-35-33-45(34-36-46)53(49-19-12-18-48-47-17-10-11-20-50(47)54-51(48)49)44-31-27-40(28-32-44)38-23-21-37(22-24-38)39-25-29-43(30-26-39)52(41-13-6-4-7-14-41)42-15-8-5-9-16-42/h4-36H,1-3H3. The number of nitrogens with zero attached hydrogens (tertiary/aromatic N) is 2. The van der Waals surface area contributed by atoms with Crippen LogP contribution in [-0.2, 0) is 0 Å². The second kappa shape index (κ2) is 14.3. The monoisotopic (exact) mass is 726 g/mol. The van der Waals surface area contributed by atoms with Crippen LogP contribution in [0.15, 0.2) is 205 Å². The fourth-order valence-corrected chi connectivity index (χ4v) is 8.68. The van der Waals surface area contributed by atoms with E-state index in [4.69, 9.17) is 4.42 Å². The zero-order valence-corrected chi connectivity index (χ0v) is 32.4. The van der Waals surface area contributed by atoms with Gasteiger partial charge in [-0.2, -0.15) is 0 Å². The Balaban J connectivity index is 1.02. The Morgan fingerprint density at radius 2 is 0.745 bits per heavy atom. The van der Waals surface area contributed by atoms with E-state index in [1.165, 1.54) is 27.4 Å². The molecular weight excluding hydrogens is 685 g/mol. The molecule has 0 unspecified atom stereocenters. The number of hydrogen-bond donors (Lipinski definition) is 0. The smallest absolute Gasteiger partial charge is 0.159 e. The van der Waals surface area contributed by atoms with Crippen molar-refractivity contribution in [3.8, 4) is 22.3 Å². The maximum atomic E-state index is 6.55. The topological polar surface area (TPSA) is 19.6 Å². The minimum Gasteiger partial charge on any atom is -0.454 e. The Labute approximate surface area is 324 Å². The van der Waals surface area contributed by atoms with Crippen LogP contribution in [0.25, 0.3) is 44.2 Å². The maximum Gasteiger partial charge on any atom is 0.159 e. The number of benzene rings is 8. The van der Waals surface area contributed by atoms with Crippen LogP contribution >= 0.6 is 0 Å². The molecule has 9 rings (SSSR count). The van der Waals surface area contributed by atoms with Crippen LogP contribution in [0.1, 0.15) is 0 Å². The predicted molar refractivity (Wildman–Crippen MR) is 237 cm³/mol. The van der Waals surface area contributed by atoms with Crippen LogP contribution in [0.5, 0.6) is 0 Å². The summed E-state index contributed by atoms with van der Waals surface area (Å²) in [5, 5.41) is 3.69. The van der Waals surface area contributed by atoms with E-state index in [0.717, 1.165) is 56.1 Å². The average molecular weight is 727 g/mol. The summed E-state index contributed by atoms with van der Waals surface area (Å²) in [5.74, 6) is 0. The van der Waals surface area contributed by atoms with Gasteiger partial charge in [-0.05, 0) is 95.1 Å². The fourth-order valence-electron chi connectivity index (χ4n) is 7.51. The number of anilines is 6. The molecule has 55 heavy (non-hydrogen) atoms. The molecular formula is C51H42N2OSi. The Kier molecular flexibility index (Phi) is 8.89. The molecule has 0 bridgehead atoms. The van der Waals surface area contributed by atoms with E-state index in [1.54, 1.807) is 0 Å². The highest BCUT2D eigenvalue weighted by Crippen LogP contribution is 2.42. The lowest BCUT2D eigenvalue weighted by Gasteiger charge is -2.27. The quantitative estimate of drug-likeness (QED) is 0.138. The van der Waals surface area contributed by atoms with E-state index in [9.17, 15) is 0 Å². The molecule has 9 aromatic rings. The summed E-state index contributed by atoms with van der Waals surface area (Å²) >= 11 is 0. The van der Waals surface area contributed by atoms with Crippen molar-refractivity contribution < 1.29 is 4.42 Å². The van der Waals surface area contributed by atoms with Crippen molar-refractivity contribution in [3.63, 3.8) is 0 Å². The van der Waals surface area contributed by atoms with Crippen LogP contribution in [0.4, 0.5) is 34.1 Å². The summed E-state index contributed by atoms with van der Waals surface area (Å²) in [6.07, 6.45) is 0. The van der Waals surface area contributed by atoms with Gasteiger partial charge in [-0.3, -0.25) is 0 Å². The van der Waals surface area contributed by atoms with E-state index in [0.29, 0.717) is 0 Å². The van der Waals surface area contributed by atoms with Crippen molar-refractivity contribution >= 4 is 69.3 Å². The fraction of sp³-hybridized carbons (Fsp3) is 0.0588. The van der Waals surface area contributed by atoms with Gasteiger partial charge in [-0.15, -0.1) is 0 Å². The third-order valence-electron chi connectivity index (χ3n) is 10.4.